The Morgan fingerprint density at radius 2 is 2.22 bits per heavy atom. The van der Waals surface area contributed by atoms with E-state index in [-0.39, 0.29) is 12.3 Å². The number of hydrogen-bond donors (Lipinski definition) is 1. The highest BCUT2D eigenvalue weighted by molar-refractivity contribution is 7.97. The fraction of sp³-hybridized carbons (Fsp3) is 0.600. The van der Waals surface area contributed by atoms with Gasteiger partial charge < -0.3 is 0 Å². The Kier molecular flexibility index (Phi) is 2.87. The molecule has 0 spiro atoms. The van der Waals surface area contributed by atoms with Crippen molar-refractivity contribution in [3.63, 3.8) is 0 Å². The molecule has 0 amide bonds. The lowest BCUT2D eigenvalue weighted by atomic mass is 10.5. The third-order valence-corrected chi connectivity index (χ3v) is 1.38. The zero-order valence-corrected chi connectivity index (χ0v) is 6.46. The van der Waals surface area contributed by atoms with Gasteiger partial charge in [-0.1, -0.05) is 0 Å². The highest BCUT2D eigenvalue weighted by Crippen LogP contribution is 1.72. The summed E-state index contributed by atoms with van der Waals surface area (Å²) < 4.78 is 13.2. The van der Waals surface area contributed by atoms with Crippen LogP contribution in [-0.4, -0.2) is 28.7 Å². The SMILES string of the molecule is C=S(C)(=O)NCC(C)=O. The molecule has 3 nitrogen and oxygen atoms in total. The molecule has 0 aliphatic carbocycles. The molecule has 0 aromatic heterocycles. The third-order valence-electron chi connectivity index (χ3n) is 0.626. The first-order chi connectivity index (χ1) is 3.92. The van der Waals surface area contributed by atoms with Gasteiger partial charge >= 0.3 is 0 Å². The van der Waals surface area contributed by atoms with Gasteiger partial charge in [-0.05, 0) is 12.8 Å². The van der Waals surface area contributed by atoms with E-state index >= 15 is 0 Å². The summed E-state index contributed by atoms with van der Waals surface area (Å²) in [7, 11) is -2.19. The van der Waals surface area contributed by atoms with Gasteiger partial charge in [0.1, 0.15) is 5.78 Å². The monoisotopic (exact) mass is 149 g/mol. The number of carbonyl (C=O) groups is 1. The van der Waals surface area contributed by atoms with Gasteiger partial charge in [0.15, 0.2) is 0 Å². The zero-order valence-electron chi connectivity index (χ0n) is 5.64. The van der Waals surface area contributed by atoms with Gasteiger partial charge in [-0.2, -0.15) is 0 Å². The molecule has 1 N–H and O–H groups in total. The maximum absolute atomic E-state index is 10.7. The molecule has 1 atom stereocenters. The van der Waals surface area contributed by atoms with Crippen LogP contribution in [0.1, 0.15) is 6.92 Å². The van der Waals surface area contributed by atoms with Crippen LogP contribution in [-0.2, 0) is 14.5 Å². The topological polar surface area (TPSA) is 46.2 Å². The third kappa shape index (κ3) is 7.65. The van der Waals surface area contributed by atoms with E-state index in [0.29, 0.717) is 0 Å². The van der Waals surface area contributed by atoms with Crippen molar-refractivity contribution in [2.75, 3.05) is 12.8 Å². The molecule has 0 saturated carbocycles. The molecule has 0 aromatic carbocycles. The summed E-state index contributed by atoms with van der Waals surface area (Å²) >= 11 is 0. The van der Waals surface area contributed by atoms with E-state index in [4.69, 9.17) is 0 Å². The molecule has 0 radical (unpaired) electrons. The fourth-order valence-corrected chi connectivity index (χ4v) is 0.763. The Labute approximate surface area is 55.6 Å². The summed E-state index contributed by atoms with van der Waals surface area (Å²) in [4.78, 5) is 10.3. The van der Waals surface area contributed by atoms with Crippen LogP contribution in [0.5, 0.6) is 0 Å². The highest BCUT2D eigenvalue weighted by atomic mass is 32.2. The predicted molar refractivity (Wildman–Crippen MR) is 39.9 cm³/mol. The average Bonchev–Trinajstić information content (AvgIpc) is 1.59. The van der Waals surface area contributed by atoms with E-state index in [1.54, 1.807) is 0 Å². The van der Waals surface area contributed by atoms with Gasteiger partial charge in [-0.15, -0.1) is 0 Å². The van der Waals surface area contributed by atoms with Crippen LogP contribution in [0.15, 0.2) is 0 Å². The summed E-state index contributed by atoms with van der Waals surface area (Å²) in [6.07, 6.45) is 1.45. The molecule has 54 valence electrons. The summed E-state index contributed by atoms with van der Waals surface area (Å²) in [5, 5.41) is 0. The molecule has 1 unspecified atom stereocenters. The van der Waals surface area contributed by atoms with Crippen molar-refractivity contribution in [2.24, 2.45) is 0 Å². The van der Waals surface area contributed by atoms with Gasteiger partial charge in [0, 0.05) is 16.0 Å². The van der Waals surface area contributed by atoms with Gasteiger partial charge in [0.2, 0.25) is 0 Å². The maximum Gasteiger partial charge on any atom is 0.144 e. The molecule has 9 heavy (non-hydrogen) atoms. The number of Topliss-reactive ketones (excluding diaryl/α,β-unsaturated/α-hetero) is 1. The van der Waals surface area contributed by atoms with E-state index in [1.165, 1.54) is 13.2 Å². The summed E-state index contributed by atoms with van der Waals surface area (Å²) in [5.41, 5.74) is 0. The minimum Gasteiger partial charge on any atom is -0.299 e. The summed E-state index contributed by atoms with van der Waals surface area (Å²) in [5.74, 6) is 3.27. The average molecular weight is 149 g/mol. The van der Waals surface area contributed by atoms with Gasteiger partial charge in [0.05, 0.1) is 6.54 Å². The summed E-state index contributed by atoms with van der Waals surface area (Å²) in [6, 6.07) is 0. The van der Waals surface area contributed by atoms with Crippen molar-refractivity contribution in [1.29, 1.82) is 0 Å². The number of ketones is 1. The van der Waals surface area contributed by atoms with Crippen LogP contribution in [0.3, 0.4) is 0 Å². The molecule has 0 aliphatic rings. The van der Waals surface area contributed by atoms with Gasteiger partial charge in [-0.25, -0.2) is 4.72 Å². The van der Waals surface area contributed by atoms with Crippen LogP contribution in [0.4, 0.5) is 0 Å². The van der Waals surface area contributed by atoms with Crippen molar-refractivity contribution in [3.05, 3.63) is 0 Å². The van der Waals surface area contributed by atoms with E-state index in [0.717, 1.165) is 0 Å². The van der Waals surface area contributed by atoms with Crippen molar-refractivity contribution in [2.45, 2.75) is 6.92 Å². The van der Waals surface area contributed by atoms with Crippen molar-refractivity contribution >= 4 is 21.4 Å². The first-order valence-corrected chi connectivity index (χ1v) is 4.61. The molecule has 0 bridgehead atoms. The van der Waals surface area contributed by atoms with Gasteiger partial charge in [0.25, 0.3) is 0 Å². The maximum atomic E-state index is 10.7. The lowest BCUT2D eigenvalue weighted by molar-refractivity contribution is -0.115. The van der Waals surface area contributed by atoms with Crippen molar-refractivity contribution in [1.82, 2.24) is 4.72 Å². The molecule has 0 fully saturated rings. The summed E-state index contributed by atoms with van der Waals surface area (Å²) in [6.45, 7) is 1.57. The highest BCUT2D eigenvalue weighted by Gasteiger charge is 1.94. The van der Waals surface area contributed by atoms with E-state index in [9.17, 15) is 9.00 Å². The molecule has 0 aliphatic heterocycles. The number of nitrogens with one attached hydrogen (secondary N) is 1. The van der Waals surface area contributed by atoms with Crippen molar-refractivity contribution in [3.8, 4) is 0 Å². The van der Waals surface area contributed by atoms with E-state index < -0.39 is 9.71 Å². The Bertz CT molecular complexity index is 193. The van der Waals surface area contributed by atoms with Gasteiger partial charge in [-0.3, -0.25) is 9.00 Å². The quantitative estimate of drug-likeness (QED) is 0.546. The molecule has 0 saturated heterocycles. The number of hydrogen-bond acceptors (Lipinski definition) is 2. The Morgan fingerprint density at radius 1 is 1.78 bits per heavy atom. The zero-order chi connectivity index (χ0) is 7.49. The second-order valence-corrected chi connectivity index (χ2v) is 4.33. The second kappa shape index (κ2) is 2.98. The minimum atomic E-state index is -2.19. The van der Waals surface area contributed by atoms with Crippen molar-refractivity contribution < 1.29 is 9.00 Å². The van der Waals surface area contributed by atoms with Crippen LogP contribution in [0.2, 0.25) is 0 Å². The Hall–Kier alpha value is -0.350. The standard InChI is InChI=1S/C5H11NO2S/c1-5(7)4-6-9(2,3)8/h2,4H2,1,3H3,(H,6,8). The second-order valence-electron chi connectivity index (χ2n) is 2.03. The van der Waals surface area contributed by atoms with Crippen LogP contribution in [0.25, 0.3) is 0 Å². The first kappa shape index (κ1) is 8.65. The Morgan fingerprint density at radius 3 is 2.33 bits per heavy atom. The fourth-order valence-electron chi connectivity index (χ4n) is 0.254. The molecule has 4 heteroatoms. The molecular weight excluding hydrogens is 138 g/mol. The largest absolute Gasteiger partial charge is 0.299 e. The minimum absolute atomic E-state index is 0.0341. The lowest BCUT2D eigenvalue weighted by Gasteiger charge is -2.00. The van der Waals surface area contributed by atoms with Crippen LogP contribution < -0.4 is 4.72 Å². The number of rotatable bonds is 3. The first-order valence-electron chi connectivity index (χ1n) is 2.48. The number of carbonyl (C=O) groups excluding carboxylic acids is 1. The molecular formula is C5H11NO2S. The lowest BCUT2D eigenvalue weighted by Crippen LogP contribution is -2.26. The van der Waals surface area contributed by atoms with Crippen LogP contribution >= 0.6 is 0 Å². The Balaban J connectivity index is 3.67. The predicted octanol–water partition coefficient (Wildman–Crippen LogP) is -0.574. The molecule has 0 aromatic rings. The van der Waals surface area contributed by atoms with E-state index in [2.05, 4.69) is 10.6 Å². The molecule has 0 heterocycles. The van der Waals surface area contributed by atoms with Crippen LogP contribution in [0, 0.1) is 0 Å². The smallest absolute Gasteiger partial charge is 0.144 e. The molecule has 0 rings (SSSR count). The normalized spacial score (nSPS) is 16.7. The van der Waals surface area contributed by atoms with E-state index in [1.807, 2.05) is 0 Å².